The molecule has 0 amide bonds. The number of aromatic amines is 1. The Morgan fingerprint density at radius 1 is 1.25 bits per heavy atom. The molecule has 2 aromatic heterocycles. The summed E-state index contributed by atoms with van der Waals surface area (Å²) < 4.78 is 33.7. The van der Waals surface area contributed by atoms with Gasteiger partial charge in [-0.15, -0.1) is 0 Å². The number of ether oxygens (including phenoxy) is 1. The second-order valence-electron chi connectivity index (χ2n) is 4.06. The van der Waals surface area contributed by atoms with Gasteiger partial charge in [0.1, 0.15) is 11.1 Å². The third-order valence-electron chi connectivity index (χ3n) is 2.93. The van der Waals surface area contributed by atoms with Crippen molar-refractivity contribution in [3.05, 3.63) is 52.5 Å². The van der Waals surface area contributed by atoms with Gasteiger partial charge in [-0.1, -0.05) is 6.07 Å². The van der Waals surface area contributed by atoms with Crippen LogP contribution in [-0.2, 0) is 0 Å². The fourth-order valence-corrected chi connectivity index (χ4v) is 2.08. The lowest BCUT2D eigenvalue weighted by Crippen LogP contribution is -2.07. The Labute approximate surface area is 111 Å². The lowest BCUT2D eigenvalue weighted by atomic mass is 10.2. The van der Waals surface area contributed by atoms with E-state index in [9.17, 15) is 13.6 Å². The Hall–Kier alpha value is -2.70. The molecule has 1 aromatic carbocycles. The highest BCUT2D eigenvalue weighted by Crippen LogP contribution is 2.24. The molecule has 0 aliphatic carbocycles. The van der Waals surface area contributed by atoms with Gasteiger partial charge >= 0.3 is 0 Å². The first-order valence-electron chi connectivity index (χ1n) is 5.71. The van der Waals surface area contributed by atoms with E-state index < -0.39 is 17.2 Å². The molecule has 0 spiro atoms. The van der Waals surface area contributed by atoms with E-state index in [1.807, 2.05) is 0 Å². The van der Waals surface area contributed by atoms with Crippen molar-refractivity contribution >= 4 is 10.9 Å². The first kappa shape index (κ1) is 12.3. The zero-order valence-electron chi connectivity index (χ0n) is 10.4. The largest absolute Gasteiger partial charge is 0.480 e. The molecule has 20 heavy (non-hydrogen) atoms. The highest BCUT2D eigenvalue weighted by Gasteiger charge is 2.18. The maximum Gasteiger partial charge on any atom is 0.277 e. The zero-order chi connectivity index (χ0) is 14.3. The van der Waals surface area contributed by atoms with Gasteiger partial charge in [0, 0.05) is 6.20 Å². The number of benzene rings is 1. The predicted molar refractivity (Wildman–Crippen MR) is 68.2 cm³/mol. The van der Waals surface area contributed by atoms with Gasteiger partial charge in [-0.05, 0) is 18.2 Å². The van der Waals surface area contributed by atoms with Crippen molar-refractivity contribution in [1.82, 2.24) is 14.8 Å². The number of pyridine rings is 1. The third kappa shape index (κ3) is 1.67. The van der Waals surface area contributed by atoms with E-state index in [-0.39, 0.29) is 22.5 Å². The molecule has 0 unspecified atom stereocenters. The molecule has 0 fully saturated rings. The molecule has 5 nitrogen and oxygen atoms in total. The second-order valence-corrected chi connectivity index (χ2v) is 4.06. The Morgan fingerprint density at radius 3 is 2.60 bits per heavy atom. The summed E-state index contributed by atoms with van der Waals surface area (Å²) in [5, 5.41) is 2.52. The normalized spacial score (nSPS) is 10.9. The first-order chi connectivity index (χ1) is 9.63. The molecule has 0 bridgehead atoms. The van der Waals surface area contributed by atoms with E-state index >= 15 is 0 Å². The Balaban J connectivity index is 2.42. The topological polar surface area (TPSA) is 59.9 Å². The number of hydrogen-bond donors (Lipinski definition) is 1. The van der Waals surface area contributed by atoms with Crippen molar-refractivity contribution in [2.45, 2.75) is 0 Å². The minimum atomic E-state index is -0.783. The summed E-state index contributed by atoms with van der Waals surface area (Å²) in [5.41, 5.74) is -0.605. The van der Waals surface area contributed by atoms with E-state index in [0.29, 0.717) is 0 Å². The molecule has 0 saturated heterocycles. The lowest BCUT2D eigenvalue weighted by molar-refractivity contribution is 0.403. The number of nitrogens with one attached hydrogen (secondary N) is 1. The Bertz CT molecular complexity index is 834. The molecule has 102 valence electrons. The van der Waals surface area contributed by atoms with Gasteiger partial charge in [-0.2, -0.15) is 0 Å². The summed E-state index contributed by atoms with van der Waals surface area (Å²) in [7, 11) is 1.36. The maximum atomic E-state index is 13.8. The van der Waals surface area contributed by atoms with Crippen LogP contribution in [0.3, 0.4) is 0 Å². The molecule has 0 aliphatic heterocycles. The molecular weight excluding hydrogens is 268 g/mol. The minimum Gasteiger partial charge on any atom is -0.480 e. The Kier molecular flexibility index (Phi) is 2.74. The van der Waals surface area contributed by atoms with Gasteiger partial charge in [-0.25, -0.2) is 18.4 Å². The standard InChI is InChI=1S/C13H9F2N3O2/c1-20-13-10-9(5-6-16-13)18(17-12(10)19)11-7(14)3-2-4-8(11)15/h2-6H,1H3,(H,17,19). The number of fused-ring (bicyclic) bond motifs is 1. The fourth-order valence-electron chi connectivity index (χ4n) is 2.08. The number of halogens is 2. The molecule has 2 heterocycles. The van der Waals surface area contributed by atoms with Crippen LogP contribution in [-0.4, -0.2) is 21.9 Å². The first-order valence-corrected chi connectivity index (χ1v) is 5.71. The highest BCUT2D eigenvalue weighted by molar-refractivity contribution is 5.84. The molecule has 0 saturated carbocycles. The summed E-state index contributed by atoms with van der Waals surface area (Å²) >= 11 is 0. The average Bonchev–Trinajstić information content (AvgIpc) is 2.76. The van der Waals surface area contributed by atoms with Crippen LogP contribution in [0.25, 0.3) is 16.6 Å². The molecule has 3 aromatic rings. The van der Waals surface area contributed by atoms with Crippen LogP contribution in [0.4, 0.5) is 8.78 Å². The van der Waals surface area contributed by atoms with Crippen LogP contribution in [0.1, 0.15) is 0 Å². The lowest BCUT2D eigenvalue weighted by Gasteiger charge is -2.07. The molecule has 0 atom stereocenters. The molecule has 0 radical (unpaired) electrons. The zero-order valence-corrected chi connectivity index (χ0v) is 10.4. The van der Waals surface area contributed by atoms with Crippen LogP contribution >= 0.6 is 0 Å². The van der Waals surface area contributed by atoms with Crippen LogP contribution in [0.2, 0.25) is 0 Å². The quantitative estimate of drug-likeness (QED) is 0.779. The van der Waals surface area contributed by atoms with Crippen LogP contribution in [0, 0.1) is 11.6 Å². The summed E-state index contributed by atoms with van der Waals surface area (Å²) in [5.74, 6) is -1.47. The van der Waals surface area contributed by atoms with Crippen molar-refractivity contribution < 1.29 is 13.5 Å². The van der Waals surface area contributed by atoms with Crippen molar-refractivity contribution in [3.63, 3.8) is 0 Å². The number of rotatable bonds is 2. The van der Waals surface area contributed by atoms with Gasteiger partial charge in [-0.3, -0.25) is 9.89 Å². The second kappa shape index (κ2) is 4.44. The predicted octanol–water partition coefficient (Wildman–Crippen LogP) is 2.00. The van der Waals surface area contributed by atoms with Gasteiger partial charge in [0.05, 0.1) is 12.6 Å². The van der Waals surface area contributed by atoms with Gasteiger partial charge in [0.25, 0.3) is 5.56 Å². The summed E-state index contributed by atoms with van der Waals surface area (Å²) in [6, 6.07) is 4.95. The third-order valence-corrected chi connectivity index (χ3v) is 2.93. The van der Waals surface area contributed by atoms with E-state index in [0.717, 1.165) is 16.8 Å². The summed E-state index contributed by atoms with van der Waals surface area (Å²) in [6.45, 7) is 0. The van der Waals surface area contributed by atoms with Crippen LogP contribution < -0.4 is 10.3 Å². The van der Waals surface area contributed by atoms with Crippen LogP contribution in [0.15, 0.2) is 35.3 Å². The number of methoxy groups -OCH3 is 1. The molecule has 1 N–H and O–H groups in total. The van der Waals surface area contributed by atoms with Crippen molar-refractivity contribution in [2.24, 2.45) is 0 Å². The highest BCUT2D eigenvalue weighted by atomic mass is 19.1. The van der Waals surface area contributed by atoms with Gasteiger partial charge in [0.2, 0.25) is 5.88 Å². The van der Waals surface area contributed by atoms with Gasteiger partial charge in [0.15, 0.2) is 11.6 Å². The van der Waals surface area contributed by atoms with E-state index in [2.05, 4.69) is 10.1 Å². The van der Waals surface area contributed by atoms with Crippen LogP contribution in [0.5, 0.6) is 5.88 Å². The average molecular weight is 277 g/mol. The van der Waals surface area contributed by atoms with Crippen molar-refractivity contribution in [3.8, 4) is 11.6 Å². The Morgan fingerprint density at radius 2 is 1.95 bits per heavy atom. The number of H-pyrrole nitrogens is 1. The molecule has 3 rings (SSSR count). The molecule has 0 aliphatic rings. The molecule has 7 heteroatoms. The fraction of sp³-hybridized carbons (Fsp3) is 0.0769. The monoisotopic (exact) mass is 277 g/mol. The van der Waals surface area contributed by atoms with E-state index in [4.69, 9.17) is 4.74 Å². The van der Waals surface area contributed by atoms with E-state index in [1.54, 1.807) is 0 Å². The summed E-state index contributed by atoms with van der Waals surface area (Å²) in [4.78, 5) is 15.8. The summed E-state index contributed by atoms with van der Waals surface area (Å²) in [6.07, 6.45) is 1.39. The number of aromatic nitrogens is 3. The number of para-hydroxylation sites is 1. The van der Waals surface area contributed by atoms with Crippen molar-refractivity contribution in [2.75, 3.05) is 7.11 Å². The number of nitrogens with zero attached hydrogens (tertiary/aromatic N) is 2. The minimum absolute atomic E-state index is 0.0965. The van der Waals surface area contributed by atoms with Gasteiger partial charge < -0.3 is 4.74 Å². The van der Waals surface area contributed by atoms with Crippen molar-refractivity contribution in [1.29, 1.82) is 0 Å². The maximum absolute atomic E-state index is 13.8. The SMILES string of the molecule is COc1nccc2c1c(=O)[nH]n2-c1c(F)cccc1F. The molecular formula is C13H9F2N3O2. The number of hydrogen-bond acceptors (Lipinski definition) is 3. The smallest absolute Gasteiger partial charge is 0.277 e. The van der Waals surface area contributed by atoms with E-state index in [1.165, 1.54) is 25.4 Å².